The quantitative estimate of drug-likeness (QED) is 0.312. The Balaban J connectivity index is 2.84. The third-order valence-corrected chi connectivity index (χ3v) is 2.94. The summed E-state index contributed by atoms with van der Waals surface area (Å²) in [7, 11) is 1.65. The van der Waals surface area contributed by atoms with Crippen LogP contribution in [0, 0.1) is 0 Å². The Kier molecular flexibility index (Phi) is 5.45. The molecule has 4 N–H and O–H groups in total. The zero-order chi connectivity index (χ0) is 13.5. The van der Waals surface area contributed by atoms with E-state index in [1.807, 2.05) is 38.1 Å². The van der Waals surface area contributed by atoms with Gasteiger partial charge in [0.2, 0.25) is 0 Å². The van der Waals surface area contributed by atoms with Gasteiger partial charge in [-0.2, -0.15) is 0 Å². The van der Waals surface area contributed by atoms with Crippen molar-refractivity contribution in [2.45, 2.75) is 32.4 Å². The minimum absolute atomic E-state index is 0.0476. The van der Waals surface area contributed by atoms with Crippen LogP contribution in [0.15, 0.2) is 29.4 Å². The first kappa shape index (κ1) is 14.3. The second-order valence-electron chi connectivity index (χ2n) is 4.12. The lowest BCUT2D eigenvalue weighted by molar-refractivity contribution is 0.313. The maximum Gasteiger partial charge on any atom is 0.156 e. The van der Waals surface area contributed by atoms with E-state index in [9.17, 15) is 0 Å². The fraction of sp³-hybridized carbons (Fsp3) is 0.462. The molecule has 0 bridgehead atoms. The Hall–Kier alpha value is -1.75. The van der Waals surface area contributed by atoms with Crippen LogP contribution >= 0.6 is 0 Å². The first-order chi connectivity index (χ1) is 8.63. The number of rotatable bonds is 6. The number of methoxy groups -OCH3 is 1. The van der Waals surface area contributed by atoms with Gasteiger partial charge in [0, 0.05) is 11.6 Å². The van der Waals surface area contributed by atoms with Crippen LogP contribution in [-0.4, -0.2) is 24.2 Å². The van der Waals surface area contributed by atoms with E-state index in [0.29, 0.717) is 0 Å². The van der Waals surface area contributed by atoms with Gasteiger partial charge in [-0.25, -0.2) is 0 Å². The first-order valence-electron chi connectivity index (χ1n) is 6.00. The topological polar surface area (TPSA) is 79.9 Å². The number of amidine groups is 1. The van der Waals surface area contributed by atoms with Crippen molar-refractivity contribution in [3.05, 3.63) is 29.8 Å². The molecule has 0 spiro atoms. The van der Waals surface area contributed by atoms with E-state index in [0.717, 1.165) is 17.7 Å². The average Bonchev–Trinajstić information content (AvgIpc) is 2.43. The third-order valence-electron chi connectivity index (χ3n) is 2.94. The summed E-state index contributed by atoms with van der Waals surface area (Å²) in [5, 5.41) is 15.1. The molecule has 5 nitrogen and oxygen atoms in total. The molecule has 0 fully saturated rings. The van der Waals surface area contributed by atoms with E-state index in [2.05, 4.69) is 10.5 Å². The standard InChI is InChI=1S/C13H21N3O2/c1-4-11(13(14)16-17)15-9(2)10-7-5-6-8-12(10)18-3/h5-9,11,15,17H,4H2,1-3H3,(H2,14,16)/t9-,11?/m1/s1. The van der Waals surface area contributed by atoms with Crippen LogP contribution in [0.1, 0.15) is 31.9 Å². The summed E-state index contributed by atoms with van der Waals surface area (Å²) in [6, 6.07) is 7.69. The van der Waals surface area contributed by atoms with Crippen LogP contribution in [0.25, 0.3) is 0 Å². The van der Waals surface area contributed by atoms with E-state index >= 15 is 0 Å². The lowest BCUT2D eigenvalue weighted by Crippen LogP contribution is -2.42. The monoisotopic (exact) mass is 251 g/mol. The van der Waals surface area contributed by atoms with Gasteiger partial charge in [0.15, 0.2) is 5.84 Å². The number of hydrogen-bond donors (Lipinski definition) is 3. The molecule has 0 saturated carbocycles. The van der Waals surface area contributed by atoms with Gasteiger partial charge in [-0.3, -0.25) is 0 Å². The van der Waals surface area contributed by atoms with Crippen molar-refractivity contribution in [2.24, 2.45) is 10.9 Å². The van der Waals surface area contributed by atoms with Gasteiger partial charge in [-0.1, -0.05) is 30.3 Å². The summed E-state index contributed by atoms with van der Waals surface area (Å²) in [4.78, 5) is 0. The zero-order valence-corrected chi connectivity index (χ0v) is 11.1. The smallest absolute Gasteiger partial charge is 0.156 e. The van der Waals surface area contributed by atoms with Gasteiger partial charge in [-0.05, 0) is 19.4 Å². The molecular weight excluding hydrogens is 230 g/mol. The lowest BCUT2D eigenvalue weighted by atomic mass is 10.1. The first-order valence-corrected chi connectivity index (χ1v) is 6.00. The molecule has 18 heavy (non-hydrogen) atoms. The number of oxime groups is 1. The molecule has 0 amide bonds. The van der Waals surface area contributed by atoms with E-state index in [-0.39, 0.29) is 17.9 Å². The molecule has 5 heteroatoms. The second kappa shape index (κ2) is 6.86. The molecule has 0 saturated heterocycles. The van der Waals surface area contributed by atoms with Gasteiger partial charge in [0.05, 0.1) is 13.2 Å². The summed E-state index contributed by atoms with van der Waals surface area (Å²) >= 11 is 0. The molecule has 1 aromatic carbocycles. The summed E-state index contributed by atoms with van der Waals surface area (Å²) in [6.07, 6.45) is 0.745. The third kappa shape index (κ3) is 3.37. The van der Waals surface area contributed by atoms with Crippen LogP contribution in [0.2, 0.25) is 0 Å². The van der Waals surface area contributed by atoms with Crippen molar-refractivity contribution in [1.82, 2.24) is 5.32 Å². The van der Waals surface area contributed by atoms with Crippen molar-refractivity contribution < 1.29 is 9.94 Å². The summed E-state index contributed by atoms with van der Waals surface area (Å²) in [6.45, 7) is 4.00. The number of nitrogens with one attached hydrogen (secondary N) is 1. The van der Waals surface area contributed by atoms with E-state index in [4.69, 9.17) is 15.7 Å². The van der Waals surface area contributed by atoms with Gasteiger partial charge < -0.3 is 21.0 Å². The predicted octanol–water partition coefficient (Wildman–Crippen LogP) is 1.87. The van der Waals surface area contributed by atoms with Crippen molar-refractivity contribution in [2.75, 3.05) is 7.11 Å². The van der Waals surface area contributed by atoms with Crippen LogP contribution in [0.4, 0.5) is 0 Å². The molecule has 0 aromatic heterocycles. The van der Waals surface area contributed by atoms with Crippen LogP contribution in [-0.2, 0) is 0 Å². The number of nitrogens with two attached hydrogens (primary N) is 1. The number of hydrogen-bond acceptors (Lipinski definition) is 4. The maximum atomic E-state index is 8.72. The van der Waals surface area contributed by atoms with Crippen molar-refractivity contribution in [3.63, 3.8) is 0 Å². The molecule has 0 aliphatic carbocycles. The van der Waals surface area contributed by atoms with E-state index in [1.54, 1.807) is 7.11 Å². The highest BCUT2D eigenvalue weighted by Crippen LogP contribution is 2.24. The van der Waals surface area contributed by atoms with Crippen molar-refractivity contribution >= 4 is 5.84 Å². The highest BCUT2D eigenvalue weighted by molar-refractivity contribution is 5.85. The molecule has 0 heterocycles. The molecule has 0 aliphatic rings. The van der Waals surface area contributed by atoms with Crippen molar-refractivity contribution in [1.29, 1.82) is 0 Å². The summed E-state index contributed by atoms with van der Waals surface area (Å²) in [5.74, 6) is 1.02. The molecule has 1 aromatic rings. The van der Waals surface area contributed by atoms with Crippen molar-refractivity contribution in [3.8, 4) is 5.75 Å². The highest BCUT2D eigenvalue weighted by Gasteiger charge is 2.17. The van der Waals surface area contributed by atoms with E-state index in [1.165, 1.54) is 0 Å². The second-order valence-corrected chi connectivity index (χ2v) is 4.12. The van der Waals surface area contributed by atoms with Crippen LogP contribution in [0.3, 0.4) is 0 Å². The minimum Gasteiger partial charge on any atom is -0.496 e. The highest BCUT2D eigenvalue weighted by atomic mass is 16.5. The summed E-state index contributed by atoms with van der Waals surface area (Å²) < 4.78 is 5.32. The lowest BCUT2D eigenvalue weighted by Gasteiger charge is -2.22. The van der Waals surface area contributed by atoms with E-state index < -0.39 is 0 Å². The Bertz CT molecular complexity index is 407. The largest absolute Gasteiger partial charge is 0.496 e. The van der Waals surface area contributed by atoms with Gasteiger partial charge in [-0.15, -0.1) is 0 Å². The number of benzene rings is 1. The molecule has 0 aliphatic heterocycles. The van der Waals surface area contributed by atoms with Gasteiger partial charge in [0.25, 0.3) is 0 Å². The minimum atomic E-state index is -0.157. The fourth-order valence-electron chi connectivity index (χ4n) is 1.90. The number of ether oxygens (including phenoxy) is 1. The Labute approximate surface area is 108 Å². The molecule has 0 radical (unpaired) electrons. The normalized spacial score (nSPS) is 15.2. The maximum absolute atomic E-state index is 8.72. The van der Waals surface area contributed by atoms with Gasteiger partial charge in [0.1, 0.15) is 5.75 Å². The number of nitrogens with zero attached hydrogens (tertiary/aromatic N) is 1. The molecule has 1 unspecified atom stereocenters. The Morgan fingerprint density at radius 2 is 2.17 bits per heavy atom. The Morgan fingerprint density at radius 3 is 2.72 bits per heavy atom. The Morgan fingerprint density at radius 1 is 1.50 bits per heavy atom. The van der Waals surface area contributed by atoms with Crippen LogP contribution < -0.4 is 15.8 Å². The molecular formula is C13H21N3O2. The number of para-hydroxylation sites is 1. The summed E-state index contributed by atoms with van der Waals surface area (Å²) in [5.41, 5.74) is 6.68. The molecule has 1 rings (SSSR count). The molecule has 2 atom stereocenters. The molecule has 100 valence electrons. The average molecular weight is 251 g/mol. The predicted molar refractivity (Wildman–Crippen MR) is 72.0 cm³/mol. The fourth-order valence-corrected chi connectivity index (χ4v) is 1.90. The zero-order valence-electron chi connectivity index (χ0n) is 11.1. The van der Waals surface area contributed by atoms with Crippen LogP contribution in [0.5, 0.6) is 5.75 Å². The SMILES string of the molecule is CCC(N[C@H](C)c1ccccc1OC)/C(N)=N/O. The van der Waals surface area contributed by atoms with Gasteiger partial charge >= 0.3 is 0 Å².